The van der Waals surface area contributed by atoms with Gasteiger partial charge in [-0.25, -0.2) is 5.01 Å². The fourth-order valence-corrected chi connectivity index (χ4v) is 0.928. The molecule has 2 unspecified atom stereocenters. The van der Waals surface area contributed by atoms with Crippen LogP contribution in [0.5, 0.6) is 0 Å². The molecule has 0 aromatic carbocycles. The van der Waals surface area contributed by atoms with Crippen molar-refractivity contribution in [2.24, 2.45) is 17.7 Å². The predicted octanol–water partition coefficient (Wildman–Crippen LogP) is 1.47. The first kappa shape index (κ1) is 9.92. The van der Waals surface area contributed by atoms with Crippen molar-refractivity contribution in [3.63, 3.8) is 0 Å². The molecule has 0 aliphatic carbocycles. The fraction of sp³-hybridized carbons (Fsp3) is 1.00. The molecule has 0 amide bonds. The topological polar surface area (TPSA) is 29.3 Å². The molecule has 10 heavy (non-hydrogen) atoms. The lowest BCUT2D eigenvalue weighted by molar-refractivity contribution is 0.171. The van der Waals surface area contributed by atoms with E-state index in [4.69, 9.17) is 5.84 Å². The monoisotopic (exact) mass is 144 g/mol. The zero-order chi connectivity index (χ0) is 8.31. The first-order chi connectivity index (χ1) is 4.46. The lowest BCUT2D eigenvalue weighted by Gasteiger charge is -2.28. The summed E-state index contributed by atoms with van der Waals surface area (Å²) in [6.45, 7) is 8.85. The Bertz CT molecular complexity index is 77.3. The molecule has 0 aromatic rings. The van der Waals surface area contributed by atoms with Crippen molar-refractivity contribution in [2.75, 3.05) is 7.05 Å². The molecule has 0 rings (SSSR count). The molecule has 2 heteroatoms. The van der Waals surface area contributed by atoms with E-state index in [1.54, 1.807) is 5.01 Å². The fourth-order valence-electron chi connectivity index (χ4n) is 0.928. The van der Waals surface area contributed by atoms with Crippen molar-refractivity contribution in [1.82, 2.24) is 5.01 Å². The van der Waals surface area contributed by atoms with Crippen LogP contribution in [0.4, 0.5) is 0 Å². The van der Waals surface area contributed by atoms with Gasteiger partial charge in [0.15, 0.2) is 0 Å². The van der Waals surface area contributed by atoms with Gasteiger partial charge in [-0.3, -0.25) is 5.84 Å². The summed E-state index contributed by atoms with van der Waals surface area (Å²) in [7, 11) is 1.92. The smallest absolute Gasteiger partial charge is 0.0237 e. The van der Waals surface area contributed by atoms with Gasteiger partial charge in [-0.1, -0.05) is 20.8 Å². The van der Waals surface area contributed by atoms with Gasteiger partial charge in [0.2, 0.25) is 0 Å². The Labute approximate surface area is 64.4 Å². The minimum absolute atomic E-state index is 0.472. The Hall–Kier alpha value is -0.0800. The van der Waals surface area contributed by atoms with Crippen molar-refractivity contribution in [2.45, 2.75) is 33.7 Å². The lowest BCUT2D eigenvalue weighted by atomic mass is 9.91. The van der Waals surface area contributed by atoms with Crippen LogP contribution in [0.1, 0.15) is 27.7 Å². The van der Waals surface area contributed by atoms with Crippen LogP contribution >= 0.6 is 0 Å². The summed E-state index contributed by atoms with van der Waals surface area (Å²) < 4.78 is 0. The highest BCUT2D eigenvalue weighted by atomic mass is 15.4. The van der Waals surface area contributed by atoms with Gasteiger partial charge in [-0.2, -0.15) is 0 Å². The van der Waals surface area contributed by atoms with Crippen LogP contribution in [0, 0.1) is 11.8 Å². The molecule has 2 nitrogen and oxygen atoms in total. The van der Waals surface area contributed by atoms with E-state index < -0.39 is 0 Å². The third-order valence-electron chi connectivity index (χ3n) is 2.45. The molecular formula is C8H20N2. The number of rotatable bonds is 3. The Morgan fingerprint density at radius 2 is 1.50 bits per heavy atom. The number of nitrogens with two attached hydrogens (primary N) is 1. The third kappa shape index (κ3) is 2.67. The van der Waals surface area contributed by atoms with Crippen molar-refractivity contribution < 1.29 is 0 Å². The van der Waals surface area contributed by atoms with E-state index in [0.29, 0.717) is 17.9 Å². The summed E-state index contributed by atoms with van der Waals surface area (Å²) in [4.78, 5) is 0. The molecule has 0 heterocycles. The molecule has 0 saturated carbocycles. The van der Waals surface area contributed by atoms with Gasteiger partial charge in [0.1, 0.15) is 0 Å². The molecule has 0 bridgehead atoms. The summed E-state index contributed by atoms with van der Waals surface area (Å²) in [5, 5.41) is 1.78. The highest BCUT2D eigenvalue weighted by Gasteiger charge is 2.17. The second kappa shape index (κ2) is 3.94. The number of hydrazine groups is 1. The molecule has 2 atom stereocenters. The van der Waals surface area contributed by atoms with E-state index in [1.807, 2.05) is 7.05 Å². The lowest BCUT2D eigenvalue weighted by Crippen LogP contribution is -2.41. The van der Waals surface area contributed by atoms with Gasteiger partial charge in [0.25, 0.3) is 0 Å². The average Bonchev–Trinajstić information content (AvgIpc) is 1.84. The molecule has 0 aliphatic rings. The molecular weight excluding hydrogens is 124 g/mol. The zero-order valence-corrected chi connectivity index (χ0v) is 7.76. The maximum Gasteiger partial charge on any atom is 0.0237 e. The van der Waals surface area contributed by atoms with E-state index in [9.17, 15) is 0 Å². The summed E-state index contributed by atoms with van der Waals surface area (Å²) in [6, 6.07) is 0.472. The molecule has 0 aliphatic heterocycles. The normalized spacial score (nSPS) is 18.0. The summed E-state index contributed by atoms with van der Waals surface area (Å²) >= 11 is 0. The average molecular weight is 144 g/mol. The Morgan fingerprint density at radius 3 is 1.60 bits per heavy atom. The Balaban J connectivity index is 3.81. The standard InChI is InChI=1S/C8H20N2/c1-6(2)7(3)8(4)10(5)9/h6-8H,9H2,1-5H3. The second-order valence-corrected chi connectivity index (χ2v) is 3.51. The van der Waals surface area contributed by atoms with Crippen molar-refractivity contribution in [1.29, 1.82) is 0 Å². The van der Waals surface area contributed by atoms with Crippen LogP contribution in [-0.4, -0.2) is 18.1 Å². The molecule has 2 N–H and O–H groups in total. The largest absolute Gasteiger partial charge is 0.269 e. The number of hydrogen-bond acceptors (Lipinski definition) is 2. The highest BCUT2D eigenvalue weighted by molar-refractivity contribution is 4.68. The van der Waals surface area contributed by atoms with Gasteiger partial charge in [0.05, 0.1) is 0 Å². The van der Waals surface area contributed by atoms with Gasteiger partial charge in [-0.15, -0.1) is 0 Å². The molecule has 0 aromatic heterocycles. The molecule has 0 radical (unpaired) electrons. The predicted molar refractivity (Wildman–Crippen MR) is 45.4 cm³/mol. The van der Waals surface area contributed by atoms with Crippen LogP contribution in [0.3, 0.4) is 0 Å². The van der Waals surface area contributed by atoms with Crippen molar-refractivity contribution in [3.05, 3.63) is 0 Å². The van der Waals surface area contributed by atoms with E-state index >= 15 is 0 Å². The minimum Gasteiger partial charge on any atom is -0.269 e. The van der Waals surface area contributed by atoms with Crippen LogP contribution in [0.15, 0.2) is 0 Å². The number of nitrogens with zero attached hydrogens (tertiary/aromatic N) is 1. The SMILES string of the molecule is CC(C)C(C)C(C)N(C)N. The first-order valence-corrected chi connectivity index (χ1v) is 3.94. The summed E-state index contributed by atoms with van der Waals surface area (Å²) in [6.07, 6.45) is 0. The first-order valence-electron chi connectivity index (χ1n) is 3.94. The van der Waals surface area contributed by atoms with Crippen LogP contribution in [0.25, 0.3) is 0 Å². The van der Waals surface area contributed by atoms with Gasteiger partial charge in [0, 0.05) is 13.1 Å². The Morgan fingerprint density at radius 1 is 1.10 bits per heavy atom. The van der Waals surface area contributed by atoms with Crippen LogP contribution < -0.4 is 5.84 Å². The molecule has 0 fully saturated rings. The quantitative estimate of drug-likeness (QED) is 0.480. The minimum atomic E-state index is 0.472. The number of hydrogen-bond donors (Lipinski definition) is 1. The van der Waals surface area contributed by atoms with Gasteiger partial charge < -0.3 is 0 Å². The summed E-state index contributed by atoms with van der Waals surface area (Å²) in [5.74, 6) is 6.98. The van der Waals surface area contributed by atoms with Crippen molar-refractivity contribution in [3.8, 4) is 0 Å². The van der Waals surface area contributed by atoms with Gasteiger partial charge >= 0.3 is 0 Å². The van der Waals surface area contributed by atoms with E-state index in [0.717, 1.165) is 0 Å². The van der Waals surface area contributed by atoms with Crippen LogP contribution in [-0.2, 0) is 0 Å². The van der Waals surface area contributed by atoms with Gasteiger partial charge in [-0.05, 0) is 18.8 Å². The maximum absolute atomic E-state index is 5.61. The van der Waals surface area contributed by atoms with Crippen LogP contribution in [0.2, 0.25) is 0 Å². The zero-order valence-electron chi connectivity index (χ0n) is 7.76. The second-order valence-electron chi connectivity index (χ2n) is 3.51. The summed E-state index contributed by atoms with van der Waals surface area (Å²) in [5.41, 5.74) is 0. The van der Waals surface area contributed by atoms with E-state index in [2.05, 4.69) is 27.7 Å². The molecule has 0 spiro atoms. The van der Waals surface area contributed by atoms with E-state index in [-0.39, 0.29) is 0 Å². The van der Waals surface area contributed by atoms with E-state index in [1.165, 1.54) is 0 Å². The third-order valence-corrected chi connectivity index (χ3v) is 2.45. The molecule has 62 valence electrons. The van der Waals surface area contributed by atoms with Crippen molar-refractivity contribution >= 4 is 0 Å². The highest BCUT2D eigenvalue weighted by Crippen LogP contribution is 2.15. The Kier molecular flexibility index (Phi) is 3.91. The molecule has 0 saturated heterocycles. The maximum atomic E-state index is 5.61.